The first-order valence-corrected chi connectivity index (χ1v) is 15.5. The van der Waals surface area contributed by atoms with E-state index >= 15 is 0 Å². The molecule has 1 aromatic carbocycles. The lowest BCUT2D eigenvalue weighted by atomic mass is 9.86. The molecule has 7 amide bonds. The van der Waals surface area contributed by atoms with Crippen LogP contribution in [0.15, 0.2) is 18.2 Å². The lowest BCUT2D eigenvalue weighted by Gasteiger charge is -2.29. The SMILES string of the molecule is CNC(=O)CCC(=O)NCCC(C)(C)CCOC(C)(C)CCNC(=O)COc1cccc2c1C(=O)N(C1CCC(=O)NC1=O)C2=O. The number of fused-ring (bicyclic) bond motifs is 1. The van der Waals surface area contributed by atoms with E-state index in [4.69, 9.17) is 9.47 Å². The molecule has 14 nitrogen and oxygen atoms in total. The van der Waals surface area contributed by atoms with Gasteiger partial charge in [0.05, 0.1) is 16.7 Å². The Morgan fingerprint density at radius 2 is 1.59 bits per heavy atom. The van der Waals surface area contributed by atoms with Crippen LogP contribution in [0.5, 0.6) is 5.75 Å². The Hall–Kier alpha value is -4.33. The number of rotatable bonds is 17. The maximum Gasteiger partial charge on any atom is 0.266 e. The van der Waals surface area contributed by atoms with Crippen LogP contribution in [-0.4, -0.2) is 91.2 Å². The highest BCUT2D eigenvalue weighted by molar-refractivity contribution is 6.24. The number of hydrogen-bond acceptors (Lipinski definition) is 9. The van der Waals surface area contributed by atoms with Gasteiger partial charge in [-0.3, -0.25) is 43.8 Å². The van der Waals surface area contributed by atoms with Gasteiger partial charge in [-0.05, 0) is 57.1 Å². The van der Waals surface area contributed by atoms with Crippen molar-refractivity contribution in [1.82, 2.24) is 26.2 Å². The van der Waals surface area contributed by atoms with Gasteiger partial charge < -0.3 is 25.4 Å². The summed E-state index contributed by atoms with van der Waals surface area (Å²) in [4.78, 5) is 86.6. The van der Waals surface area contributed by atoms with Gasteiger partial charge in [0.2, 0.25) is 23.6 Å². The summed E-state index contributed by atoms with van der Waals surface area (Å²) < 4.78 is 11.7. The molecule has 1 saturated heterocycles. The number of piperidine rings is 1. The van der Waals surface area contributed by atoms with Crippen molar-refractivity contribution in [2.45, 2.75) is 84.3 Å². The molecule has 1 unspecified atom stereocenters. The first-order chi connectivity index (χ1) is 21.6. The van der Waals surface area contributed by atoms with Gasteiger partial charge in [0.15, 0.2) is 6.61 Å². The maximum atomic E-state index is 13.2. The Labute approximate surface area is 268 Å². The predicted molar refractivity (Wildman–Crippen MR) is 166 cm³/mol. The van der Waals surface area contributed by atoms with Gasteiger partial charge in [-0.2, -0.15) is 0 Å². The molecule has 3 rings (SSSR count). The molecule has 0 radical (unpaired) electrons. The summed E-state index contributed by atoms with van der Waals surface area (Å²) in [7, 11) is 1.54. The van der Waals surface area contributed by atoms with Crippen LogP contribution in [-0.2, 0) is 28.7 Å². The quantitative estimate of drug-likeness (QED) is 0.181. The molecule has 2 heterocycles. The van der Waals surface area contributed by atoms with Crippen molar-refractivity contribution in [1.29, 1.82) is 0 Å². The molecular weight excluding hydrogens is 598 g/mol. The monoisotopic (exact) mass is 643 g/mol. The summed E-state index contributed by atoms with van der Waals surface area (Å²) in [5.41, 5.74) is -0.564. The molecule has 1 atom stereocenters. The molecular formula is C32H45N5O9. The fraction of sp³-hybridized carbons (Fsp3) is 0.594. The number of nitrogens with one attached hydrogen (secondary N) is 4. The van der Waals surface area contributed by atoms with E-state index in [1.807, 2.05) is 13.8 Å². The number of imide groups is 2. The Morgan fingerprint density at radius 3 is 2.28 bits per heavy atom. The minimum atomic E-state index is -1.10. The van der Waals surface area contributed by atoms with Crippen molar-refractivity contribution < 1.29 is 43.0 Å². The minimum absolute atomic E-state index is 0.0113. The highest BCUT2D eigenvalue weighted by atomic mass is 16.5. The molecule has 14 heteroatoms. The van der Waals surface area contributed by atoms with Crippen molar-refractivity contribution in [2.75, 3.05) is 33.4 Å². The molecule has 4 N–H and O–H groups in total. The number of amides is 7. The normalized spacial score (nSPS) is 16.5. The van der Waals surface area contributed by atoms with Gasteiger partial charge in [0.1, 0.15) is 11.8 Å². The molecule has 1 aromatic rings. The number of ether oxygens (including phenoxy) is 2. The molecule has 0 bridgehead atoms. The first-order valence-electron chi connectivity index (χ1n) is 15.5. The van der Waals surface area contributed by atoms with E-state index in [0.29, 0.717) is 26.1 Å². The van der Waals surface area contributed by atoms with E-state index in [1.54, 1.807) is 0 Å². The third kappa shape index (κ3) is 10.1. The average molecular weight is 644 g/mol. The summed E-state index contributed by atoms with van der Waals surface area (Å²) in [6, 6.07) is 3.36. The van der Waals surface area contributed by atoms with Crippen molar-refractivity contribution >= 4 is 41.4 Å². The Morgan fingerprint density at radius 1 is 0.913 bits per heavy atom. The lowest BCUT2D eigenvalue weighted by molar-refractivity contribution is -0.136. The topological polar surface area (TPSA) is 189 Å². The summed E-state index contributed by atoms with van der Waals surface area (Å²) in [6.07, 6.45) is 2.39. The second-order valence-electron chi connectivity index (χ2n) is 12.8. The van der Waals surface area contributed by atoms with Crippen LogP contribution >= 0.6 is 0 Å². The second-order valence-corrected chi connectivity index (χ2v) is 12.8. The molecule has 1 fully saturated rings. The molecule has 252 valence electrons. The fourth-order valence-corrected chi connectivity index (χ4v) is 5.08. The molecule has 0 aliphatic carbocycles. The summed E-state index contributed by atoms with van der Waals surface area (Å²) in [5.74, 6) is -3.24. The average Bonchev–Trinajstić information content (AvgIpc) is 3.24. The summed E-state index contributed by atoms with van der Waals surface area (Å²) in [6.45, 7) is 8.96. The van der Waals surface area contributed by atoms with Gasteiger partial charge in [0.25, 0.3) is 17.7 Å². The van der Waals surface area contributed by atoms with Gasteiger partial charge in [-0.1, -0.05) is 19.9 Å². The first kappa shape index (κ1) is 36.1. The molecule has 0 saturated carbocycles. The molecule has 2 aliphatic rings. The van der Waals surface area contributed by atoms with Crippen molar-refractivity contribution in [3.05, 3.63) is 29.3 Å². The standard InChI is InChI=1S/C32H45N5O9/c1-31(2,13-16-34-24(39)12-11-23(38)33-5)15-18-46-32(3,4)14-17-35-26(41)19-45-22-8-6-7-20-27(22)30(44)37(29(20)43)21-9-10-25(40)36-28(21)42/h6-8,21H,9-19H2,1-5H3,(H,33,38)(H,34,39)(H,35,41)(H,36,40,42). The fourth-order valence-electron chi connectivity index (χ4n) is 5.08. The van der Waals surface area contributed by atoms with Crippen LogP contribution in [0.2, 0.25) is 0 Å². The molecule has 46 heavy (non-hydrogen) atoms. The van der Waals surface area contributed by atoms with E-state index in [2.05, 4.69) is 35.1 Å². The molecule has 0 spiro atoms. The van der Waals surface area contributed by atoms with Crippen LogP contribution in [0, 0.1) is 5.41 Å². The zero-order valence-corrected chi connectivity index (χ0v) is 27.2. The van der Waals surface area contributed by atoms with Crippen molar-refractivity contribution in [2.24, 2.45) is 5.41 Å². The summed E-state index contributed by atoms with van der Waals surface area (Å²) in [5, 5.41) is 10.3. The third-order valence-electron chi connectivity index (χ3n) is 8.09. The van der Waals surface area contributed by atoms with Gasteiger partial charge in [-0.15, -0.1) is 0 Å². The molecule has 0 aromatic heterocycles. The van der Waals surface area contributed by atoms with Gasteiger partial charge in [0, 0.05) is 46.0 Å². The van der Waals surface area contributed by atoms with Crippen LogP contribution in [0.25, 0.3) is 0 Å². The third-order valence-corrected chi connectivity index (χ3v) is 8.09. The van der Waals surface area contributed by atoms with E-state index in [-0.39, 0.29) is 59.8 Å². The van der Waals surface area contributed by atoms with Gasteiger partial charge >= 0.3 is 0 Å². The Bertz CT molecular complexity index is 1360. The van der Waals surface area contributed by atoms with E-state index in [1.165, 1.54) is 25.2 Å². The minimum Gasteiger partial charge on any atom is -0.483 e. The Balaban J connectivity index is 1.39. The molecule has 2 aliphatic heterocycles. The smallest absolute Gasteiger partial charge is 0.266 e. The van der Waals surface area contributed by atoms with Crippen molar-refractivity contribution in [3.63, 3.8) is 0 Å². The number of carbonyl (C=O) groups is 7. The van der Waals surface area contributed by atoms with Crippen LogP contribution in [0.4, 0.5) is 0 Å². The zero-order chi connectivity index (χ0) is 34.1. The zero-order valence-electron chi connectivity index (χ0n) is 27.2. The van der Waals surface area contributed by atoms with Crippen LogP contribution in [0.1, 0.15) is 93.4 Å². The lowest BCUT2D eigenvalue weighted by Crippen LogP contribution is -2.54. The van der Waals surface area contributed by atoms with Gasteiger partial charge in [-0.25, -0.2) is 0 Å². The van der Waals surface area contributed by atoms with Crippen molar-refractivity contribution in [3.8, 4) is 5.75 Å². The van der Waals surface area contributed by atoms with Crippen LogP contribution < -0.4 is 26.0 Å². The highest BCUT2D eigenvalue weighted by Gasteiger charge is 2.46. The Kier molecular flexibility index (Phi) is 12.4. The van der Waals surface area contributed by atoms with E-state index in [9.17, 15) is 33.6 Å². The number of benzene rings is 1. The number of hydrogen-bond donors (Lipinski definition) is 4. The second kappa shape index (κ2) is 15.8. The number of carbonyl (C=O) groups excluding carboxylic acids is 7. The van der Waals surface area contributed by atoms with E-state index < -0.39 is 47.8 Å². The maximum absolute atomic E-state index is 13.2. The highest BCUT2D eigenvalue weighted by Crippen LogP contribution is 2.33. The van der Waals surface area contributed by atoms with Crippen LogP contribution in [0.3, 0.4) is 0 Å². The predicted octanol–water partition coefficient (Wildman–Crippen LogP) is 1.22. The summed E-state index contributed by atoms with van der Waals surface area (Å²) >= 11 is 0. The number of nitrogens with zero attached hydrogens (tertiary/aromatic N) is 1. The largest absolute Gasteiger partial charge is 0.483 e. The van der Waals surface area contributed by atoms with E-state index in [0.717, 1.165) is 17.7 Å².